The topological polar surface area (TPSA) is 80.3 Å². The fraction of sp³-hybridized carbons (Fsp3) is 0.889. The highest BCUT2D eigenvalue weighted by atomic mass is 17.3. The van der Waals surface area contributed by atoms with E-state index in [-0.39, 0.29) is 12.8 Å². The third-order valence-electron chi connectivity index (χ3n) is 2.68. The number of hydrogen-bond acceptors (Lipinski definition) is 7. The highest BCUT2D eigenvalue weighted by Gasteiger charge is 2.48. The molecular weight excluding hydrogens is 328 g/mol. The van der Waals surface area contributed by atoms with E-state index in [0.29, 0.717) is 12.8 Å². The van der Waals surface area contributed by atoms with Gasteiger partial charge in [-0.15, -0.1) is 0 Å². The molecule has 0 atom stereocenters. The van der Waals surface area contributed by atoms with Crippen LogP contribution < -0.4 is 0 Å². The summed E-state index contributed by atoms with van der Waals surface area (Å²) < 4.78 is 4.91. The molecule has 0 spiro atoms. The minimum Gasteiger partial charge on any atom is -0.389 e. The Morgan fingerprint density at radius 2 is 1.24 bits per heavy atom. The predicted molar refractivity (Wildman–Crippen MR) is 92.1 cm³/mol. The van der Waals surface area contributed by atoms with Crippen molar-refractivity contribution in [2.45, 2.75) is 104 Å². The molecule has 0 amide bonds. The van der Waals surface area contributed by atoms with Crippen molar-refractivity contribution in [3.63, 3.8) is 0 Å². The van der Waals surface area contributed by atoms with Crippen molar-refractivity contribution in [2.75, 3.05) is 0 Å². The Hall–Kier alpha value is -1.02. The average Bonchev–Trinajstić information content (AvgIpc) is 2.46. The van der Waals surface area contributed by atoms with Crippen molar-refractivity contribution in [1.82, 2.24) is 0 Å². The van der Waals surface area contributed by atoms with Gasteiger partial charge in [-0.3, -0.25) is 4.79 Å². The lowest BCUT2D eigenvalue weighted by Gasteiger charge is -2.32. The SMILES string of the molecule is CCCCC(=O)OC(=O)C(CCC)(OOC(C)(C)C)OOC(C)(C)C. The zero-order valence-corrected chi connectivity index (χ0v) is 16.9. The molecule has 0 aliphatic carbocycles. The molecule has 7 heteroatoms. The van der Waals surface area contributed by atoms with Gasteiger partial charge in [-0.05, 0) is 48.0 Å². The van der Waals surface area contributed by atoms with Gasteiger partial charge in [-0.2, -0.15) is 9.78 Å². The van der Waals surface area contributed by atoms with Crippen molar-refractivity contribution in [3.8, 4) is 0 Å². The fourth-order valence-corrected chi connectivity index (χ4v) is 1.53. The first-order chi connectivity index (χ1) is 11.4. The molecule has 0 aromatic rings. The molecule has 0 radical (unpaired) electrons. The first kappa shape index (κ1) is 24.0. The molecule has 0 N–H and O–H groups in total. The summed E-state index contributed by atoms with van der Waals surface area (Å²) in [5.74, 6) is -3.59. The van der Waals surface area contributed by atoms with Crippen LogP contribution in [0.15, 0.2) is 0 Å². The Balaban J connectivity index is 5.33. The molecule has 0 aromatic carbocycles. The van der Waals surface area contributed by atoms with Crippen molar-refractivity contribution in [2.24, 2.45) is 0 Å². The molecule has 0 saturated carbocycles. The van der Waals surface area contributed by atoms with Crippen LogP contribution in [0.3, 0.4) is 0 Å². The van der Waals surface area contributed by atoms with E-state index in [4.69, 9.17) is 24.3 Å². The van der Waals surface area contributed by atoms with Crippen LogP contribution in [-0.4, -0.2) is 28.9 Å². The molecule has 7 nitrogen and oxygen atoms in total. The fourth-order valence-electron chi connectivity index (χ4n) is 1.53. The summed E-state index contributed by atoms with van der Waals surface area (Å²) in [6.45, 7) is 14.3. The van der Waals surface area contributed by atoms with Gasteiger partial charge in [0, 0.05) is 12.8 Å². The zero-order chi connectivity index (χ0) is 19.7. The van der Waals surface area contributed by atoms with Crippen LogP contribution >= 0.6 is 0 Å². The highest BCUT2D eigenvalue weighted by molar-refractivity contribution is 5.89. The maximum Gasteiger partial charge on any atom is 0.380 e. The van der Waals surface area contributed by atoms with Gasteiger partial charge in [0.1, 0.15) is 0 Å². The standard InChI is InChI=1S/C18H34O7/c1-9-11-12-14(19)21-15(20)18(13-10-2,24-22-16(3,4)5)25-23-17(6,7)8/h9-13H2,1-8H3. The van der Waals surface area contributed by atoms with Gasteiger partial charge < -0.3 is 4.74 Å². The van der Waals surface area contributed by atoms with Crippen molar-refractivity contribution in [1.29, 1.82) is 0 Å². The number of ether oxygens (including phenoxy) is 1. The number of esters is 2. The Morgan fingerprint density at radius 1 is 0.760 bits per heavy atom. The Kier molecular flexibility index (Phi) is 9.79. The maximum absolute atomic E-state index is 12.6. The molecule has 0 aromatic heterocycles. The molecule has 25 heavy (non-hydrogen) atoms. The van der Waals surface area contributed by atoms with Crippen LogP contribution in [0.1, 0.15) is 87.5 Å². The zero-order valence-electron chi connectivity index (χ0n) is 16.9. The predicted octanol–water partition coefficient (Wildman–Crippen LogP) is 4.24. The summed E-state index contributed by atoms with van der Waals surface area (Å²) in [5, 5.41) is 0. The van der Waals surface area contributed by atoms with E-state index in [1.165, 1.54) is 0 Å². The van der Waals surface area contributed by atoms with Gasteiger partial charge in [-0.1, -0.05) is 26.7 Å². The third kappa shape index (κ3) is 10.5. The number of carbonyl (C=O) groups is 2. The van der Waals surface area contributed by atoms with Gasteiger partial charge in [-0.25, -0.2) is 14.6 Å². The number of hydrogen-bond donors (Lipinski definition) is 0. The quantitative estimate of drug-likeness (QED) is 0.189. The normalized spacial score (nSPS) is 13.0. The molecule has 148 valence electrons. The van der Waals surface area contributed by atoms with Gasteiger partial charge >= 0.3 is 17.7 Å². The second-order valence-electron chi connectivity index (χ2n) is 7.93. The molecule has 0 rings (SSSR count). The van der Waals surface area contributed by atoms with Gasteiger partial charge in [0.05, 0.1) is 11.2 Å². The summed E-state index contributed by atoms with van der Waals surface area (Å²) >= 11 is 0. The van der Waals surface area contributed by atoms with Crippen molar-refractivity contribution in [3.05, 3.63) is 0 Å². The number of rotatable bonds is 10. The Bertz CT molecular complexity index is 400. The number of carbonyl (C=O) groups excluding carboxylic acids is 2. The van der Waals surface area contributed by atoms with Crippen LogP contribution in [-0.2, 0) is 33.9 Å². The monoisotopic (exact) mass is 362 g/mol. The Labute approximate surface area is 151 Å². The molecule has 0 unspecified atom stereocenters. The van der Waals surface area contributed by atoms with Gasteiger partial charge in [0.2, 0.25) is 0 Å². The second-order valence-corrected chi connectivity index (χ2v) is 7.93. The lowest BCUT2D eigenvalue weighted by atomic mass is 10.1. The van der Waals surface area contributed by atoms with E-state index >= 15 is 0 Å². The lowest BCUT2D eigenvalue weighted by molar-refractivity contribution is -0.528. The average molecular weight is 362 g/mol. The summed E-state index contributed by atoms with van der Waals surface area (Å²) in [4.78, 5) is 45.6. The molecule has 0 bridgehead atoms. The minimum absolute atomic E-state index is 0.0963. The third-order valence-corrected chi connectivity index (χ3v) is 2.68. The summed E-state index contributed by atoms with van der Waals surface area (Å²) in [5.41, 5.74) is -1.40. The van der Waals surface area contributed by atoms with Crippen molar-refractivity contribution < 1.29 is 33.9 Å². The maximum atomic E-state index is 12.6. The second kappa shape index (κ2) is 10.2. The summed E-state index contributed by atoms with van der Waals surface area (Å²) in [7, 11) is 0. The minimum atomic E-state index is -1.98. The van der Waals surface area contributed by atoms with Crippen LogP contribution in [0.25, 0.3) is 0 Å². The first-order valence-electron chi connectivity index (χ1n) is 8.84. The summed E-state index contributed by atoms with van der Waals surface area (Å²) in [6.07, 6.45) is 2.20. The van der Waals surface area contributed by atoms with E-state index in [2.05, 4.69) is 0 Å². The van der Waals surface area contributed by atoms with E-state index in [9.17, 15) is 9.59 Å². The molecule has 0 saturated heterocycles. The Morgan fingerprint density at radius 3 is 1.60 bits per heavy atom. The van der Waals surface area contributed by atoms with E-state index in [1.807, 2.05) is 13.8 Å². The molecule has 0 aliphatic rings. The lowest BCUT2D eigenvalue weighted by Crippen LogP contribution is -2.49. The van der Waals surface area contributed by atoms with Crippen LogP contribution in [0.5, 0.6) is 0 Å². The van der Waals surface area contributed by atoms with Crippen LogP contribution in [0.2, 0.25) is 0 Å². The van der Waals surface area contributed by atoms with E-state index < -0.39 is 28.9 Å². The molecule has 0 fully saturated rings. The highest BCUT2D eigenvalue weighted by Crippen LogP contribution is 2.28. The van der Waals surface area contributed by atoms with Gasteiger partial charge in [0.25, 0.3) is 0 Å². The van der Waals surface area contributed by atoms with Crippen LogP contribution in [0, 0.1) is 0 Å². The smallest absolute Gasteiger partial charge is 0.380 e. The first-order valence-corrected chi connectivity index (χ1v) is 8.84. The molecular formula is C18H34O7. The van der Waals surface area contributed by atoms with E-state index in [1.54, 1.807) is 41.5 Å². The summed E-state index contributed by atoms with van der Waals surface area (Å²) in [6, 6.07) is 0. The number of unbranched alkanes of at least 4 members (excludes halogenated alkanes) is 1. The van der Waals surface area contributed by atoms with Crippen LogP contribution in [0.4, 0.5) is 0 Å². The largest absolute Gasteiger partial charge is 0.389 e. The molecule has 0 heterocycles. The van der Waals surface area contributed by atoms with Gasteiger partial charge in [0.15, 0.2) is 0 Å². The molecule has 0 aliphatic heterocycles. The van der Waals surface area contributed by atoms with Crippen molar-refractivity contribution >= 4 is 11.9 Å². The van der Waals surface area contributed by atoms with E-state index in [0.717, 1.165) is 6.42 Å².